The Morgan fingerprint density at radius 3 is 2.45 bits per heavy atom. The maximum absolute atomic E-state index is 14.2. The molecule has 2 N–H and O–H groups in total. The van der Waals surface area contributed by atoms with Gasteiger partial charge in [-0.15, -0.1) is 0 Å². The zero-order valence-electron chi connectivity index (χ0n) is 11.5. The van der Waals surface area contributed by atoms with Crippen molar-refractivity contribution >= 4 is 26.9 Å². The highest BCUT2D eigenvalue weighted by molar-refractivity contribution is 9.10. The summed E-state index contributed by atoms with van der Waals surface area (Å²) < 4.78 is 42.4. The molecule has 0 amide bonds. The minimum absolute atomic E-state index is 0.146. The molecule has 1 aromatic carbocycles. The molecule has 0 aliphatic heterocycles. The average molecular weight is 370 g/mol. The first-order chi connectivity index (χ1) is 9.08. The summed E-state index contributed by atoms with van der Waals surface area (Å²) in [5, 5.41) is 9.18. The van der Waals surface area contributed by atoms with E-state index in [-0.39, 0.29) is 11.1 Å². The van der Waals surface area contributed by atoms with Crippen LogP contribution in [0.2, 0.25) is 0 Å². The second-order valence-electron chi connectivity index (χ2n) is 5.37. The average Bonchev–Trinajstić information content (AvgIpc) is 2.34. The normalized spacial score (nSPS) is 14.3. The van der Waals surface area contributed by atoms with Crippen LogP contribution in [0.5, 0.6) is 0 Å². The summed E-state index contributed by atoms with van der Waals surface area (Å²) in [5.41, 5.74) is -0.116. The predicted molar refractivity (Wildman–Crippen MR) is 79.9 cm³/mol. The molecule has 0 spiro atoms. The molecule has 0 saturated heterocycles. The monoisotopic (exact) mass is 369 g/mol. The topological polar surface area (TPSA) is 49.3 Å². The summed E-state index contributed by atoms with van der Waals surface area (Å²) >= 11 is 3.17. The number of halogens is 3. The largest absolute Gasteiger partial charge is 0.392 e. The van der Waals surface area contributed by atoms with Crippen molar-refractivity contribution in [2.75, 3.05) is 6.54 Å². The molecule has 0 saturated carbocycles. The van der Waals surface area contributed by atoms with Crippen LogP contribution in [0.3, 0.4) is 0 Å². The van der Waals surface area contributed by atoms with E-state index in [1.54, 1.807) is 20.8 Å². The van der Waals surface area contributed by atoms with Crippen LogP contribution in [-0.2, 0) is 23.5 Å². The summed E-state index contributed by atoms with van der Waals surface area (Å²) in [5.74, 6) is -3.21. The molecule has 114 valence electrons. The van der Waals surface area contributed by atoms with E-state index in [1.165, 1.54) is 18.2 Å². The molecule has 0 aromatic heterocycles. The molecule has 20 heavy (non-hydrogen) atoms. The van der Waals surface area contributed by atoms with Gasteiger partial charge in [0, 0.05) is 10.0 Å². The van der Waals surface area contributed by atoms with Gasteiger partial charge in [0.25, 0.3) is 5.92 Å². The van der Waals surface area contributed by atoms with Crippen LogP contribution in [-0.4, -0.2) is 20.6 Å². The van der Waals surface area contributed by atoms with E-state index >= 15 is 0 Å². The third kappa shape index (κ3) is 4.58. The smallest absolute Gasteiger partial charge is 0.286 e. The van der Waals surface area contributed by atoms with Gasteiger partial charge in [-0.05, 0) is 38.5 Å². The van der Waals surface area contributed by atoms with Crippen molar-refractivity contribution in [1.82, 2.24) is 4.72 Å². The lowest BCUT2D eigenvalue weighted by Crippen LogP contribution is -2.39. The Hall–Kier alpha value is -0.370. The van der Waals surface area contributed by atoms with Gasteiger partial charge in [-0.2, -0.15) is 8.78 Å². The van der Waals surface area contributed by atoms with E-state index in [4.69, 9.17) is 0 Å². The highest BCUT2D eigenvalue weighted by atomic mass is 79.9. The van der Waals surface area contributed by atoms with Gasteiger partial charge in [0.15, 0.2) is 0 Å². The minimum Gasteiger partial charge on any atom is -0.392 e. The van der Waals surface area contributed by atoms with E-state index < -0.39 is 34.8 Å². The molecule has 7 heteroatoms. The predicted octanol–water partition coefficient (Wildman–Crippen LogP) is 3.09. The minimum atomic E-state index is -3.21. The second kappa shape index (κ2) is 6.60. The molecule has 0 fully saturated rings. The van der Waals surface area contributed by atoms with Crippen molar-refractivity contribution in [2.24, 2.45) is 0 Å². The summed E-state index contributed by atoms with van der Waals surface area (Å²) in [7, 11) is -1.57. The standard InChI is InChI=1S/C13H18BrF2NO2S/c1-12(2,3)20(19)17-8-13(15,16)11-5-4-10(14)6-9(11)7-18/h4-6,17-18H,7-8H2,1-3H3. The molecule has 1 atom stereocenters. The zero-order chi connectivity index (χ0) is 15.6. The Labute approximate surface area is 128 Å². The first kappa shape index (κ1) is 17.7. The van der Waals surface area contributed by atoms with E-state index in [0.717, 1.165) is 0 Å². The van der Waals surface area contributed by atoms with Gasteiger partial charge in [0.05, 0.1) is 28.9 Å². The highest BCUT2D eigenvalue weighted by Gasteiger charge is 2.35. The molecule has 0 radical (unpaired) electrons. The fraction of sp³-hybridized carbons (Fsp3) is 0.538. The van der Waals surface area contributed by atoms with E-state index in [1.807, 2.05) is 0 Å². The van der Waals surface area contributed by atoms with Crippen LogP contribution >= 0.6 is 15.9 Å². The van der Waals surface area contributed by atoms with Crippen LogP contribution < -0.4 is 4.72 Å². The molecule has 1 rings (SSSR count). The third-order valence-corrected chi connectivity index (χ3v) is 4.63. The lowest BCUT2D eigenvalue weighted by molar-refractivity contribution is 0.000405. The maximum Gasteiger partial charge on any atom is 0.286 e. The van der Waals surface area contributed by atoms with Crippen molar-refractivity contribution in [3.8, 4) is 0 Å². The highest BCUT2D eigenvalue weighted by Crippen LogP contribution is 2.32. The van der Waals surface area contributed by atoms with Crippen molar-refractivity contribution < 1.29 is 18.1 Å². The molecule has 0 aliphatic carbocycles. The first-order valence-electron chi connectivity index (χ1n) is 6.01. The zero-order valence-corrected chi connectivity index (χ0v) is 13.9. The van der Waals surface area contributed by atoms with Gasteiger partial charge in [0.2, 0.25) is 0 Å². The summed E-state index contributed by atoms with van der Waals surface area (Å²) in [6.45, 7) is 3.88. The maximum atomic E-state index is 14.2. The van der Waals surface area contributed by atoms with Crippen LogP contribution in [0.4, 0.5) is 8.78 Å². The Morgan fingerprint density at radius 1 is 1.35 bits per heavy atom. The number of benzene rings is 1. The molecule has 1 unspecified atom stereocenters. The number of rotatable bonds is 5. The van der Waals surface area contributed by atoms with Gasteiger partial charge in [0.1, 0.15) is 0 Å². The van der Waals surface area contributed by atoms with E-state index in [2.05, 4.69) is 20.7 Å². The molecular formula is C13H18BrF2NO2S. The second-order valence-corrected chi connectivity index (χ2v) is 8.33. The summed E-state index contributed by atoms with van der Waals surface area (Å²) in [4.78, 5) is 0. The van der Waals surface area contributed by atoms with Crippen molar-refractivity contribution in [3.05, 3.63) is 33.8 Å². The quantitative estimate of drug-likeness (QED) is 0.837. The number of nitrogens with one attached hydrogen (secondary N) is 1. The third-order valence-electron chi connectivity index (χ3n) is 2.61. The van der Waals surface area contributed by atoms with Crippen molar-refractivity contribution in [2.45, 2.75) is 38.0 Å². The van der Waals surface area contributed by atoms with Gasteiger partial charge in [-0.1, -0.05) is 22.0 Å². The molecular weight excluding hydrogens is 352 g/mol. The molecule has 1 aromatic rings. The van der Waals surface area contributed by atoms with Gasteiger partial charge in [-0.3, -0.25) is 0 Å². The van der Waals surface area contributed by atoms with Crippen LogP contribution in [0, 0.1) is 0 Å². The van der Waals surface area contributed by atoms with Gasteiger partial charge < -0.3 is 5.11 Å². The molecule has 0 heterocycles. The van der Waals surface area contributed by atoms with Crippen LogP contribution in [0.15, 0.2) is 22.7 Å². The van der Waals surface area contributed by atoms with E-state index in [9.17, 15) is 18.1 Å². The lowest BCUT2D eigenvalue weighted by atomic mass is 10.0. The Bertz CT molecular complexity index is 504. The molecule has 3 nitrogen and oxygen atoms in total. The number of aliphatic hydroxyl groups is 1. The number of alkyl halides is 2. The Morgan fingerprint density at radius 2 is 1.95 bits per heavy atom. The van der Waals surface area contributed by atoms with Crippen molar-refractivity contribution in [3.63, 3.8) is 0 Å². The molecule has 0 aliphatic rings. The Balaban J connectivity index is 2.91. The first-order valence-corrected chi connectivity index (χ1v) is 7.95. The number of hydrogen-bond acceptors (Lipinski definition) is 2. The lowest BCUT2D eigenvalue weighted by Gasteiger charge is -2.23. The van der Waals surface area contributed by atoms with E-state index in [0.29, 0.717) is 4.47 Å². The van der Waals surface area contributed by atoms with Gasteiger partial charge in [-0.25, -0.2) is 8.93 Å². The fourth-order valence-corrected chi connectivity index (χ4v) is 2.67. The molecule has 0 bridgehead atoms. The van der Waals surface area contributed by atoms with Crippen LogP contribution in [0.25, 0.3) is 0 Å². The number of hydrogen-bond donors (Lipinski definition) is 2. The summed E-state index contributed by atoms with van der Waals surface area (Å²) in [6, 6.07) is 4.20. The van der Waals surface area contributed by atoms with Crippen LogP contribution in [0.1, 0.15) is 31.9 Å². The van der Waals surface area contributed by atoms with Crippen molar-refractivity contribution in [1.29, 1.82) is 0 Å². The Kier molecular flexibility index (Phi) is 5.83. The van der Waals surface area contributed by atoms with Gasteiger partial charge >= 0.3 is 0 Å². The SMILES string of the molecule is CC(C)(C)S(=O)NCC(F)(F)c1ccc(Br)cc1CO. The fourth-order valence-electron chi connectivity index (χ4n) is 1.52. The summed E-state index contributed by atoms with van der Waals surface area (Å²) in [6.07, 6.45) is 0. The number of aliphatic hydroxyl groups excluding tert-OH is 1.